The number of hydrogen-bond donors (Lipinski definition) is 0. The first kappa shape index (κ1) is 41.3. The topological polar surface area (TPSA) is 37.2 Å². The standard InChI is InChI=1S/C62H58BN3O2/c1-59(2,3)35-21-27-39(28-22-35)64-55-49-43-33-37(61(7,8)9)25-31-45(43)66-46-32-26-38(62(10,11)12)34-44(46)50(54(49)66)56-53(55)63(51-41-17-13-15-19-47(41)67-57(51)64)52-42-18-14-16-20-48(42)68-58(52)65(56)40-29-23-36(24-30-40)60(4,5)6/h13-34H,1-12H3. The Bertz CT molecular complexity index is 3640. The van der Waals surface area contributed by atoms with Crippen molar-refractivity contribution in [3.05, 3.63) is 156 Å². The molecule has 2 aliphatic rings. The van der Waals surface area contributed by atoms with Crippen LogP contribution in [0.4, 0.5) is 34.5 Å². The smallest absolute Gasteiger partial charge is 0.262 e. The number of aromatic nitrogens is 1. The van der Waals surface area contributed by atoms with Crippen LogP contribution in [0.1, 0.15) is 105 Å². The fourth-order valence-corrected chi connectivity index (χ4v) is 11.7. The molecule has 0 radical (unpaired) electrons. The minimum absolute atomic E-state index is 0.0148. The van der Waals surface area contributed by atoms with Crippen LogP contribution in [0.2, 0.25) is 0 Å². The van der Waals surface area contributed by atoms with Gasteiger partial charge in [0.05, 0.1) is 27.9 Å². The fraction of sp³-hybridized carbons (Fsp3) is 0.258. The van der Waals surface area contributed by atoms with Crippen molar-refractivity contribution in [2.24, 2.45) is 0 Å². The average molecular weight is 888 g/mol. The lowest BCUT2D eigenvalue weighted by molar-refractivity contribution is 0.590. The molecule has 4 aromatic heterocycles. The van der Waals surface area contributed by atoms with E-state index < -0.39 is 0 Å². The first-order valence-corrected chi connectivity index (χ1v) is 24.5. The van der Waals surface area contributed by atoms with Gasteiger partial charge < -0.3 is 13.2 Å². The Morgan fingerprint density at radius 2 is 0.750 bits per heavy atom. The van der Waals surface area contributed by atoms with E-state index in [1.165, 1.54) is 65.8 Å². The second-order valence-corrected chi connectivity index (χ2v) is 23.8. The SMILES string of the molecule is CC(C)(C)c1ccc(N2c3oc4ccccc4c3B3c4c2c2c5cc(C(C)(C)C)ccc5n5c6ccc(C(C)(C)C)cc6c(c4N(c4ccc(C(C)(C)C)cc4)c4oc6ccccc6c43)c25)cc1. The summed E-state index contributed by atoms with van der Waals surface area (Å²) >= 11 is 0. The summed E-state index contributed by atoms with van der Waals surface area (Å²) in [6.07, 6.45) is 0. The second kappa shape index (κ2) is 13.4. The molecular formula is C62H58BN3O2. The molecule has 0 amide bonds. The molecule has 6 heterocycles. The number of anilines is 6. The molecule has 0 aliphatic carbocycles. The van der Waals surface area contributed by atoms with Crippen LogP contribution < -0.4 is 26.2 Å². The van der Waals surface area contributed by atoms with Crippen LogP contribution in [0.25, 0.3) is 60.0 Å². The second-order valence-electron chi connectivity index (χ2n) is 23.8. The van der Waals surface area contributed by atoms with Crippen LogP contribution in [0.3, 0.4) is 0 Å². The molecule has 0 spiro atoms. The van der Waals surface area contributed by atoms with Crippen LogP contribution in [0, 0.1) is 0 Å². The zero-order valence-corrected chi connectivity index (χ0v) is 41.4. The number of rotatable bonds is 2. The van der Waals surface area contributed by atoms with Gasteiger partial charge in [-0.25, -0.2) is 0 Å². The fourth-order valence-electron chi connectivity index (χ4n) is 11.7. The Morgan fingerprint density at radius 1 is 0.382 bits per heavy atom. The molecule has 6 heteroatoms. The molecule has 2 aliphatic heterocycles. The van der Waals surface area contributed by atoms with Gasteiger partial charge in [-0.2, -0.15) is 0 Å². The highest BCUT2D eigenvalue weighted by atomic mass is 16.4. The number of hydrogen-bond acceptors (Lipinski definition) is 4. The normalized spacial score (nSPS) is 14.4. The molecule has 0 saturated carbocycles. The first-order chi connectivity index (χ1) is 32.3. The molecule has 0 bridgehead atoms. The summed E-state index contributed by atoms with van der Waals surface area (Å²) in [6, 6.07) is 50.3. The molecule has 7 aromatic carbocycles. The van der Waals surface area contributed by atoms with E-state index in [1.54, 1.807) is 0 Å². The summed E-state index contributed by atoms with van der Waals surface area (Å²) in [6.45, 7) is 27.5. The number of fused-ring (bicyclic) bond motifs is 16. The predicted octanol–water partition coefficient (Wildman–Crippen LogP) is 15.6. The quantitative estimate of drug-likeness (QED) is 0.162. The lowest BCUT2D eigenvalue weighted by Gasteiger charge is -2.41. The zero-order valence-electron chi connectivity index (χ0n) is 41.4. The van der Waals surface area contributed by atoms with E-state index in [0.29, 0.717) is 0 Å². The maximum Gasteiger partial charge on any atom is 0.262 e. The van der Waals surface area contributed by atoms with Crippen molar-refractivity contribution in [2.45, 2.75) is 105 Å². The molecule has 0 N–H and O–H groups in total. The van der Waals surface area contributed by atoms with Gasteiger partial charge in [0.15, 0.2) is 0 Å². The highest BCUT2D eigenvalue weighted by Gasteiger charge is 2.51. The summed E-state index contributed by atoms with van der Waals surface area (Å²) in [5.74, 6) is 1.71. The summed E-state index contributed by atoms with van der Waals surface area (Å²) in [4.78, 5) is 4.98. The number of benzene rings is 7. The van der Waals surface area contributed by atoms with E-state index in [4.69, 9.17) is 8.83 Å². The lowest BCUT2D eigenvalue weighted by Crippen LogP contribution is -2.60. The Morgan fingerprint density at radius 3 is 1.13 bits per heavy atom. The van der Waals surface area contributed by atoms with Crippen LogP contribution >= 0.6 is 0 Å². The molecule has 336 valence electrons. The third-order valence-corrected chi connectivity index (χ3v) is 15.4. The molecule has 0 fully saturated rings. The van der Waals surface area contributed by atoms with Crippen molar-refractivity contribution in [1.82, 2.24) is 4.40 Å². The molecular weight excluding hydrogens is 830 g/mol. The van der Waals surface area contributed by atoms with Crippen LogP contribution in [0.5, 0.6) is 0 Å². The molecule has 0 atom stereocenters. The van der Waals surface area contributed by atoms with Crippen molar-refractivity contribution < 1.29 is 8.83 Å². The largest absolute Gasteiger partial charge is 0.440 e. The van der Waals surface area contributed by atoms with Gasteiger partial charge >= 0.3 is 0 Å². The molecule has 0 saturated heterocycles. The molecule has 68 heavy (non-hydrogen) atoms. The highest BCUT2D eigenvalue weighted by Crippen LogP contribution is 2.56. The Kier molecular flexibility index (Phi) is 8.14. The van der Waals surface area contributed by atoms with Crippen molar-refractivity contribution in [2.75, 3.05) is 9.80 Å². The monoisotopic (exact) mass is 887 g/mol. The number of para-hydroxylation sites is 2. The average Bonchev–Trinajstić information content (AvgIpc) is 4.05. The van der Waals surface area contributed by atoms with Crippen molar-refractivity contribution >= 4 is 118 Å². The zero-order chi connectivity index (χ0) is 47.1. The van der Waals surface area contributed by atoms with Gasteiger partial charge in [0.25, 0.3) is 6.71 Å². The third-order valence-electron chi connectivity index (χ3n) is 15.4. The van der Waals surface area contributed by atoms with E-state index >= 15 is 0 Å². The van der Waals surface area contributed by atoms with Crippen molar-refractivity contribution in [3.63, 3.8) is 0 Å². The van der Waals surface area contributed by atoms with Gasteiger partial charge in [0.2, 0.25) is 11.8 Å². The van der Waals surface area contributed by atoms with Crippen molar-refractivity contribution in [3.8, 4) is 0 Å². The minimum Gasteiger partial charge on any atom is -0.440 e. The predicted molar refractivity (Wildman–Crippen MR) is 289 cm³/mol. The van der Waals surface area contributed by atoms with Crippen molar-refractivity contribution in [1.29, 1.82) is 0 Å². The maximum atomic E-state index is 7.35. The molecule has 5 nitrogen and oxygen atoms in total. The first-order valence-electron chi connectivity index (χ1n) is 24.5. The summed E-state index contributed by atoms with van der Waals surface area (Å²) in [5.41, 5.74) is 18.4. The van der Waals surface area contributed by atoms with E-state index in [9.17, 15) is 0 Å². The van der Waals surface area contributed by atoms with Gasteiger partial charge in [-0.1, -0.05) is 156 Å². The Hall–Kier alpha value is -6.92. The summed E-state index contributed by atoms with van der Waals surface area (Å²) in [7, 11) is 0. The Balaban J connectivity index is 1.31. The summed E-state index contributed by atoms with van der Waals surface area (Å²) < 4.78 is 17.3. The molecule has 13 rings (SSSR count). The van der Waals surface area contributed by atoms with Crippen LogP contribution in [-0.2, 0) is 21.7 Å². The van der Waals surface area contributed by atoms with Crippen LogP contribution in [-0.4, -0.2) is 11.1 Å². The third kappa shape index (κ3) is 5.58. The summed E-state index contributed by atoms with van der Waals surface area (Å²) in [5, 5.41) is 7.20. The van der Waals surface area contributed by atoms with Gasteiger partial charge in [0, 0.05) is 54.6 Å². The maximum absolute atomic E-state index is 7.35. The van der Waals surface area contributed by atoms with Crippen LogP contribution in [0.15, 0.2) is 142 Å². The number of nitrogens with zero attached hydrogens (tertiary/aromatic N) is 3. The molecule has 0 unspecified atom stereocenters. The minimum atomic E-state index is -0.229. The highest BCUT2D eigenvalue weighted by molar-refractivity contribution is 7.03. The lowest BCUT2D eigenvalue weighted by atomic mass is 9.33. The van der Waals surface area contributed by atoms with E-state index in [0.717, 1.165) is 67.4 Å². The number of furan rings is 2. The van der Waals surface area contributed by atoms with Gasteiger partial charge in [-0.15, -0.1) is 0 Å². The van der Waals surface area contributed by atoms with E-state index in [2.05, 4.69) is 231 Å². The van der Waals surface area contributed by atoms with Gasteiger partial charge in [-0.05, 0) is 110 Å². The van der Waals surface area contributed by atoms with E-state index in [-0.39, 0.29) is 28.4 Å². The van der Waals surface area contributed by atoms with Gasteiger partial charge in [0.1, 0.15) is 11.2 Å². The van der Waals surface area contributed by atoms with E-state index in [1.807, 2.05) is 0 Å². The Labute approximate surface area is 399 Å². The molecule has 11 aromatic rings. The van der Waals surface area contributed by atoms with Gasteiger partial charge in [-0.3, -0.25) is 9.80 Å².